The lowest BCUT2D eigenvalue weighted by Crippen LogP contribution is -2.25. The molecule has 7 nitrogen and oxygen atoms in total. The molecule has 0 saturated carbocycles. The van der Waals surface area contributed by atoms with E-state index < -0.39 is 21.6 Å². The smallest absolute Gasteiger partial charge is 0.356 e. The third-order valence-corrected chi connectivity index (χ3v) is 6.61. The van der Waals surface area contributed by atoms with Crippen molar-refractivity contribution in [1.29, 1.82) is 0 Å². The van der Waals surface area contributed by atoms with Gasteiger partial charge in [-0.15, -0.1) is 0 Å². The van der Waals surface area contributed by atoms with Gasteiger partial charge in [0.1, 0.15) is 11.2 Å². The molecule has 0 amide bonds. The first kappa shape index (κ1) is 20.3. The van der Waals surface area contributed by atoms with E-state index in [9.17, 15) is 18.0 Å². The molecule has 0 saturated heterocycles. The first-order valence-corrected chi connectivity index (χ1v) is 10.8. The number of hydrogen-bond acceptors (Lipinski definition) is 5. The Kier molecular flexibility index (Phi) is 5.49. The summed E-state index contributed by atoms with van der Waals surface area (Å²) in [6.45, 7) is 3.81. The number of hydrogen-bond donors (Lipinski definition) is 0. The molecule has 3 aromatic rings. The number of rotatable bonds is 5. The second-order valence-corrected chi connectivity index (χ2v) is 9.04. The molecule has 1 aromatic carbocycles. The van der Waals surface area contributed by atoms with Crippen LogP contribution in [0.2, 0.25) is 0 Å². The summed E-state index contributed by atoms with van der Waals surface area (Å²) in [7, 11) is -2.70. The number of pyridine rings is 1. The molecule has 0 N–H and O–H groups in total. The van der Waals surface area contributed by atoms with Gasteiger partial charge in [0.15, 0.2) is 0 Å². The van der Waals surface area contributed by atoms with Gasteiger partial charge in [-0.05, 0) is 47.5 Å². The van der Waals surface area contributed by atoms with Crippen molar-refractivity contribution in [2.24, 2.45) is 7.05 Å². The van der Waals surface area contributed by atoms with E-state index >= 15 is 0 Å². The molecule has 0 fully saturated rings. The first-order chi connectivity index (χ1) is 13.2. The van der Waals surface area contributed by atoms with Crippen LogP contribution in [0.4, 0.5) is 0 Å². The van der Waals surface area contributed by atoms with Gasteiger partial charge < -0.3 is 9.30 Å². The number of ether oxygens (including phenoxy) is 1. The quantitative estimate of drug-likeness (QED) is 0.538. The zero-order chi connectivity index (χ0) is 20.6. The van der Waals surface area contributed by atoms with Crippen molar-refractivity contribution in [1.82, 2.24) is 8.54 Å². The van der Waals surface area contributed by atoms with Gasteiger partial charge in [0.2, 0.25) is 0 Å². The molecule has 3 rings (SSSR count). The van der Waals surface area contributed by atoms with E-state index in [1.807, 2.05) is 13.8 Å². The van der Waals surface area contributed by atoms with Crippen molar-refractivity contribution >= 4 is 42.8 Å². The molecule has 148 valence electrons. The van der Waals surface area contributed by atoms with Gasteiger partial charge in [-0.25, -0.2) is 17.2 Å². The Labute approximate surface area is 170 Å². The molecule has 0 aliphatic rings. The molecule has 28 heavy (non-hydrogen) atoms. The van der Waals surface area contributed by atoms with E-state index in [0.29, 0.717) is 16.3 Å². The topological polar surface area (TPSA) is 87.4 Å². The molecule has 0 unspecified atom stereocenters. The van der Waals surface area contributed by atoms with Crippen LogP contribution in [-0.2, 0) is 21.8 Å². The number of esters is 1. The molecule has 2 aromatic heterocycles. The number of aromatic nitrogens is 2. The SMILES string of the molecule is CCCOC(=O)c1cc2c(Br)cn(C)c(=O)c2n1S(=O)(=O)c1ccc(C)cc1. The van der Waals surface area contributed by atoms with Crippen molar-refractivity contribution in [3.8, 4) is 0 Å². The van der Waals surface area contributed by atoms with Gasteiger partial charge in [0, 0.05) is 23.1 Å². The molecule has 0 bridgehead atoms. The maximum atomic E-state index is 13.4. The van der Waals surface area contributed by atoms with E-state index in [1.54, 1.807) is 12.1 Å². The number of halogens is 1. The minimum atomic E-state index is -4.21. The third kappa shape index (κ3) is 3.40. The average Bonchev–Trinajstić information content (AvgIpc) is 3.07. The van der Waals surface area contributed by atoms with Gasteiger partial charge >= 0.3 is 5.97 Å². The van der Waals surface area contributed by atoms with Crippen LogP contribution >= 0.6 is 15.9 Å². The summed E-state index contributed by atoms with van der Waals surface area (Å²) in [4.78, 5) is 25.4. The minimum absolute atomic E-state index is 0.0258. The Morgan fingerprint density at radius 3 is 2.46 bits per heavy atom. The number of carbonyl (C=O) groups is 1. The van der Waals surface area contributed by atoms with Crippen LogP contribution in [0.5, 0.6) is 0 Å². The van der Waals surface area contributed by atoms with Crippen molar-refractivity contribution in [3.05, 3.63) is 62.6 Å². The van der Waals surface area contributed by atoms with Crippen LogP contribution in [0.1, 0.15) is 29.4 Å². The summed E-state index contributed by atoms with van der Waals surface area (Å²) in [6.07, 6.45) is 2.11. The highest BCUT2D eigenvalue weighted by Gasteiger charge is 2.30. The number of aryl methyl sites for hydroxylation is 2. The summed E-state index contributed by atoms with van der Waals surface area (Å²) in [5.74, 6) is -0.803. The summed E-state index contributed by atoms with van der Waals surface area (Å²) >= 11 is 3.34. The van der Waals surface area contributed by atoms with E-state index in [2.05, 4.69) is 15.9 Å². The van der Waals surface area contributed by atoms with E-state index in [0.717, 1.165) is 9.54 Å². The Hall–Kier alpha value is -2.39. The fourth-order valence-corrected chi connectivity index (χ4v) is 4.92. The Morgan fingerprint density at radius 1 is 1.21 bits per heavy atom. The van der Waals surface area contributed by atoms with Crippen LogP contribution in [-0.4, -0.2) is 29.5 Å². The summed E-state index contributed by atoms with van der Waals surface area (Å²) in [6, 6.07) is 7.56. The predicted molar refractivity (Wildman–Crippen MR) is 109 cm³/mol. The van der Waals surface area contributed by atoms with Gasteiger partial charge in [-0.1, -0.05) is 24.6 Å². The Bertz CT molecular complexity index is 1220. The zero-order valence-corrected chi connectivity index (χ0v) is 18.0. The summed E-state index contributed by atoms with van der Waals surface area (Å²) in [5.41, 5.74) is 0.0231. The maximum Gasteiger partial charge on any atom is 0.356 e. The summed E-state index contributed by atoms with van der Waals surface area (Å²) in [5, 5.41) is 0.322. The predicted octanol–water partition coefficient (Wildman–Crippen LogP) is 3.21. The second kappa shape index (κ2) is 7.56. The molecular formula is C19H19BrN2O5S. The maximum absolute atomic E-state index is 13.4. The number of benzene rings is 1. The van der Waals surface area contributed by atoms with Gasteiger partial charge in [-0.2, -0.15) is 0 Å². The fraction of sp³-hybridized carbons (Fsp3) is 0.263. The first-order valence-electron chi connectivity index (χ1n) is 8.58. The Balaban J connectivity index is 2.40. The molecule has 0 spiro atoms. The normalized spacial score (nSPS) is 11.7. The number of carbonyl (C=O) groups excluding carboxylic acids is 1. The van der Waals surface area contributed by atoms with Crippen molar-refractivity contribution in [2.75, 3.05) is 6.61 Å². The van der Waals surface area contributed by atoms with Crippen LogP contribution in [0, 0.1) is 6.92 Å². The van der Waals surface area contributed by atoms with Crippen molar-refractivity contribution in [3.63, 3.8) is 0 Å². The fourth-order valence-electron chi connectivity index (χ4n) is 2.82. The standard InChI is InChI=1S/C19H19BrN2O5S/c1-4-9-27-19(24)16-10-14-15(20)11-21(3)18(23)17(14)22(16)28(25,26)13-7-5-12(2)6-8-13/h5-8,10-11H,4,9H2,1-3H3. The monoisotopic (exact) mass is 466 g/mol. The lowest BCUT2D eigenvalue weighted by atomic mass is 10.2. The van der Waals surface area contributed by atoms with E-state index in [1.165, 1.54) is 36.0 Å². The van der Waals surface area contributed by atoms with Crippen LogP contribution in [0.25, 0.3) is 10.9 Å². The van der Waals surface area contributed by atoms with E-state index in [-0.39, 0.29) is 22.7 Å². The van der Waals surface area contributed by atoms with Crippen molar-refractivity contribution in [2.45, 2.75) is 25.2 Å². The molecular weight excluding hydrogens is 448 g/mol. The summed E-state index contributed by atoms with van der Waals surface area (Å²) < 4.78 is 34.5. The van der Waals surface area contributed by atoms with Gasteiger partial charge in [0.25, 0.3) is 15.6 Å². The second-order valence-electron chi connectivity index (χ2n) is 6.40. The lowest BCUT2D eigenvalue weighted by Gasteiger charge is -2.12. The largest absolute Gasteiger partial charge is 0.461 e. The molecule has 0 aliphatic carbocycles. The Morgan fingerprint density at radius 2 is 1.86 bits per heavy atom. The highest BCUT2D eigenvalue weighted by molar-refractivity contribution is 9.10. The highest BCUT2D eigenvalue weighted by atomic mass is 79.9. The number of fused-ring (bicyclic) bond motifs is 1. The average molecular weight is 467 g/mol. The molecule has 0 radical (unpaired) electrons. The van der Waals surface area contributed by atoms with Crippen LogP contribution < -0.4 is 5.56 Å². The minimum Gasteiger partial charge on any atom is -0.461 e. The molecule has 0 aliphatic heterocycles. The van der Waals surface area contributed by atoms with Crippen molar-refractivity contribution < 1.29 is 17.9 Å². The zero-order valence-electron chi connectivity index (χ0n) is 15.6. The van der Waals surface area contributed by atoms with Gasteiger partial charge in [0.05, 0.1) is 11.5 Å². The third-order valence-electron chi connectivity index (χ3n) is 4.25. The number of nitrogens with zero attached hydrogens (tertiary/aromatic N) is 2. The van der Waals surface area contributed by atoms with Crippen LogP contribution in [0.15, 0.2) is 50.7 Å². The van der Waals surface area contributed by atoms with Crippen LogP contribution in [0.3, 0.4) is 0 Å². The lowest BCUT2D eigenvalue weighted by molar-refractivity contribution is 0.0497. The molecule has 9 heteroatoms. The van der Waals surface area contributed by atoms with E-state index in [4.69, 9.17) is 4.74 Å². The van der Waals surface area contributed by atoms with Gasteiger partial charge in [-0.3, -0.25) is 4.79 Å². The molecule has 2 heterocycles. The highest BCUT2D eigenvalue weighted by Crippen LogP contribution is 2.29. The molecule has 0 atom stereocenters.